The first-order valence-corrected chi connectivity index (χ1v) is 11.6. The summed E-state index contributed by atoms with van der Waals surface area (Å²) in [5.41, 5.74) is 4.33. The van der Waals surface area contributed by atoms with E-state index in [4.69, 9.17) is 4.98 Å². The van der Waals surface area contributed by atoms with Gasteiger partial charge in [-0.05, 0) is 55.5 Å². The van der Waals surface area contributed by atoms with E-state index in [2.05, 4.69) is 57.9 Å². The first-order valence-electron chi connectivity index (χ1n) is 11.6. The fraction of sp³-hybridized carbons (Fsp3) is 0.346. The van der Waals surface area contributed by atoms with Crippen LogP contribution in [0.1, 0.15) is 50.6 Å². The smallest absolute Gasteiger partial charge is 0.225 e. The fourth-order valence-corrected chi connectivity index (χ4v) is 4.53. The zero-order chi connectivity index (χ0) is 21.8. The summed E-state index contributed by atoms with van der Waals surface area (Å²) in [5.74, 6) is 2.20. The molecule has 1 fully saturated rings. The van der Waals surface area contributed by atoms with Gasteiger partial charge in [0.05, 0.1) is 17.1 Å². The molecule has 32 heavy (non-hydrogen) atoms. The minimum Gasteiger partial charge on any atom is -0.385 e. The molecule has 0 bridgehead atoms. The second-order valence-electron chi connectivity index (χ2n) is 8.72. The van der Waals surface area contributed by atoms with E-state index in [9.17, 15) is 0 Å². The lowest BCUT2D eigenvalue weighted by molar-refractivity contribution is 0.373. The third kappa shape index (κ3) is 4.59. The first kappa shape index (κ1) is 20.5. The van der Waals surface area contributed by atoms with E-state index in [1.165, 1.54) is 37.7 Å². The summed E-state index contributed by atoms with van der Waals surface area (Å²) in [5, 5.41) is 7.02. The normalized spacial score (nSPS) is 15.5. The maximum atomic E-state index is 4.74. The number of hydrogen-bond acceptors (Lipinski definition) is 5. The van der Waals surface area contributed by atoms with E-state index in [1.807, 2.05) is 35.2 Å². The molecule has 4 aromatic rings. The van der Waals surface area contributed by atoms with Crippen molar-refractivity contribution in [3.8, 4) is 5.82 Å². The Labute approximate surface area is 189 Å². The molecule has 2 aromatic carbocycles. The number of hydrogen-bond donors (Lipinski definition) is 2. The Morgan fingerprint density at radius 1 is 1.00 bits per heavy atom. The van der Waals surface area contributed by atoms with Crippen LogP contribution in [0.3, 0.4) is 0 Å². The van der Waals surface area contributed by atoms with Crippen LogP contribution in [-0.4, -0.2) is 26.1 Å². The summed E-state index contributed by atoms with van der Waals surface area (Å²) < 4.78 is 2.01. The van der Waals surface area contributed by atoms with Crippen LogP contribution in [0.2, 0.25) is 0 Å². The van der Waals surface area contributed by atoms with Crippen molar-refractivity contribution in [2.75, 3.05) is 17.2 Å². The van der Waals surface area contributed by atoms with Crippen LogP contribution in [-0.2, 0) is 0 Å². The van der Waals surface area contributed by atoms with Crippen molar-refractivity contribution in [2.24, 2.45) is 5.92 Å². The highest BCUT2D eigenvalue weighted by Crippen LogP contribution is 2.26. The molecule has 0 radical (unpaired) electrons. The maximum Gasteiger partial charge on any atom is 0.225 e. The lowest BCUT2D eigenvalue weighted by Gasteiger charge is -2.22. The molecule has 0 saturated heterocycles. The maximum absolute atomic E-state index is 4.74. The molecule has 0 amide bonds. The van der Waals surface area contributed by atoms with Gasteiger partial charge in [-0.25, -0.2) is 9.97 Å². The highest BCUT2D eigenvalue weighted by atomic mass is 15.2. The van der Waals surface area contributed by atoms with Crippen LogP contribution in [0.25, 0.3) is 16.9 Å². The summed E-state index contributed by atoms with van der Waals surface area (Å²) in [6.45, 7) is 3.16. The Balaban J connectivity index is 1.31. The lowest BCUT2D eigenvalue weighted by atomic mass is 9.89. The average molecular weight is 427 g/mol. The highest BCUT2D eigenvalue weighted by molar-refractivity contribution is 5.81. The van der Waals surface area contributed by atoms with Crippen molar-refractivity contribution in [2.45, 2.75) is 45.1 Å². The molecular weight excluding hydrogens is 396 g/mol. The van der Waals surface area contributed by atoms with Gasteiger partial charge in [0.1, 0.15) is 12.1 Å². The third-order valence-corrected chi connectivity index (χ3v) is 6.40. The Hall–Kier alpha value is -3.41. The number of benzene rings is 2. The molecule has 0 spiro atoms. The number of anilines is 2. The van der Waals surface area contributed by atoms with Crippen molar-refractivity contribution >= 4 is 22.7 Å². The number of aromatic nitrogens is 4. The molecule has 1 atom stereocenters. The monoisotopic (exact) mass is 426 g/mol. The van der Waals surface area contributed by atoms with Crippen LogP contribution in [0.5, 0.6) is 0 Å². The minimum atomic E-state index is 0.115. The van der Waals surface area contributed by atoms with E-state index in [0.717, 1.165) is 35.0 Å². The Bertz CT molecular complexity index is 1160. The summed E-state index contributed by atoms with van der Waals surface area (Å²) in [6, 6.07) is 18.7. The Morgan fingerprint density at radius 2 is 1.84 bits per heavy atom. The third-order valence-electron chi connectivity index (χ3n) is 6.40. The van der Waals surface area contributed by atoms with Gasteiger partial charge in [-0.3, -0.25) is 4.57 Å². The SMILES string of the molecule is C[C@H](Nc1nccc(-n2cnc3cc(NCC4CCCCC4)ccc32)n1)c1ccccc1. The van der Waals surface area contributed by atoms with E-state index in [-0.39, 0.29) is 6.04 Å². The van der Waals surface area contributed by atoms with E-state index < -0.39 is 0 Å². The summed E-state index contributed by atoms with van der Waals surface area (Å²) >= 11 is 0. The molecule has 5 rings (SSSR count). The van der Waals surface area contributed by atoms with Gasteiger partial charge in [0, 0.05) is 18.4 Å². The molecule has 2 aromatic heterocycles. The van der Waals surface area contributed by atoms with Crippen molar-refractivity contribution in [1.82, 2.24) is 19.5 Å². The predicted octanol–water partition coefficient (Wildman–Crippen LogP) is 5.98. The van der Waals surface area contributed by atoms with Gasteiger partial charge in [-0.2, -0.15) is 4.98 Å². The molecule has 2 N–H and O–H groups in total. The number of nitrogens with zero attached hydrogens (tertiary/aromatic N) is 4. The fourth-order valence-electron chi connectivity index (χ4n) is 4.53. The van der Waals surface area contributed by atoms with Gasteiger partial charge in [-0.15, -0.1) is 0 Å². The minimum absolute atomic E-state index is 0.115. The Kier molecular flexibility index (Phi) is 6.01. The number of rotatable bonds is 7. The van der Waals surface area contributed by atoms with Crippen molar-refractivity contribution in [3.05, 3.63) is 72.7 Å². The second kappa shape index (κ2) is 9.39. The number of nitrogens with one attached hydrogen (secondary N) is 2. The summed E-state index contributed by atoms with van der Waals surface area (Å²) in [4.78, 5) is 13.8. The van der Waals surface area contributed by atoms with E-state index in [1.54, 1.807) is 6.20 Å². The lowest BCUT2D eigenvalue weighted by Crippen LogP contribution is -2.17. The van der Waals surface area contributed by atoms with E-state index >= 15 is 0 Å². The topological polar surface area (TPSA) is 67.7 Å². The van der Waals surface area contributed by atoms with Crippen LogP contribution in [0.15, 0.2) is 67.1 Å². The van der Waals surface area contributed by atoms with Crippen LogP contribution in [0.4, 0.5) is 11.6 Å². The molecule has 6 nitrogen and oxygen atoms in total. The predicted molar refractivity (Wildman–Crippen MR) is 130 cm³/mol. The van der Waals surface area contributed by atoms with Crippen LogP contribution < -0.4 is 10.6 Å². The molecule has 0 unspecified atom stereocenters. The highest BCUT2D eigenvalue weighted by Gasteiger charge is 2.14. The van der Waals surface area contributed by atoms with Gasteiger partial charge in [-0.1, -0.05) is 49.6 Å². The summed E-state index contributed by atoms with van der Waals surface area (Å²) in [6.07, 6.45) is 10.4. The van der Waals surface area contributed by atoms with Crippen LogP contribution in [0, 0.1) is 5.92 Å². The summed E-state index contributed by atoms with van der Waals surface area (Å²) in [7, 11) is 0. The zero-order valence-electron chi connectivity index (χ0n) is 18.5. The van der Waals surface area contributed by atoms with Crippen molar-refractivity contribution < 1.29 is 0 Å². The Morgan fingerprint density at radius 3 is 2.69 bits per heavy atom. The van der Waals surface area contributed by atoms with Crippen molar-refractivity contribution in [1.29, 1.82) is 0 Å². The average Bonchev–Trinajstić information content (AvgIpc) is 3.27. The van der Waals surface area contributed by atoms with Crippen LogP contribution >= 0.6 is 0 Å². The van der Waals surface area contributed by atoms with Gasteiger partial charge in [0.25, 0.3) is 0 Å². The number of fused-ring (bicyclic) bond motifs is 1. The van der Waals surface area contributed by atoms with Gasteiger partial charge >= 0.3 is 0 Å². The first-order chi connectivity index (χ1) is 15.8. The largest absolute Gasteiger partial charge is 0.385 e. The standard InChI is InChI=1S/C26H30N6/c1-19(21-10-6-3-7-11-21)30-26-27-15-14-25(31-26)32-18-29-23-16-22(12-13-24(23)32)28-17-20-8-4-2-5-9-20/h3,6-7,10-16,18-20,28H,2,4-5,8-9,17H2,1H3,(H,27,30,31)/t19-/m0/s1. The molecule has 2 heterocycles. The van der Waals surface area contributed by atoms with Gasteiger partial charge in [0.15, 0.2) is 0 Å². The zero-order valence-corrected chi connectivity index (χ0v) is 18.5. The molecule has 6 heteroatoms. The quantitative estimate of drug-likeness (QED) is 0.380. The number of imidazole rings is 1. The molecule has 164 valence electrons. The molecule has 1 aliphatic rings. The van der Waals surface area contributed by atoms with Gasteiger partial charge in [0.2, 0.25) is 5.95 Å². The van der Waals surface area contributed by atoms with Crippen molar-refractivity contribution in [3.63, 3.8) is 0 Å². The molecule has 1 aliphatic carbocycles. The second-order valence-corrected chi connectivity index (χ2v) is 8.72. The molecule has 1 saturated carbocycles. The molecule has 0 aliphatic heterocycles. The van der Waals surface area contributed by atoms with Gasteiger partial charge < -0.3 is 10.6 Å². The molecular formula is C26H30N6. The van der Waals surface area contributed by atoms with E-state index in [0.29, 0.717) is 5.95 Å².